The van der Waals surface area contributed by atoms with Crippen LogP contribution in [0.4, 0.5) is 5.69 Å². The average Bonchev–Trinajstić information content (AvgIpc) is 2.56. The first-order chi connectivity index (χ1) is 12.0. The second kappa shape index (κ2) is 8.38. The monoisotopic (exact) mass is 337 g/mol. The second-order valence-electron chi connectivity index (χ2n) is 5.38. The number of anilines is 1. The Morgan fingerprint density at radius 2 is 1.76 bits per heavy atom. The molecular weight excluding hydrogens is 318 g/mol. The zero-order valence-corrected chi connectivity index (χ0v) is 14.0. The fraction of sp³-hybridized carbons (Fsp3) is 0.105. The number of aromatic hydroxyl groups is 1. The van der Waals surface area contributed by atoms with E-state index in [1.807, 2.05) is 66.5 Å². The fourth-order valence-electron chi connectivity index (χ4n) is 1.97. The average molecular weight is 337 g/mol. The van der Waals surface area contributed by atoms with Crippen LogP contribution in [0.1, 0.15) is 11.1 Å². The highest BCUT2D eigenvalue weighted by atomic mass is 16.3. The van der Waals surface area contributed by atoms with Crippen LogP contribution in [0.3, 0.4) is 0 Å². The third-order valence-electron chi connectivity index (χ3n) is 3.30. The minimum absolute atomic E-state index is 0.0548. The molecule has 0 radical (unpaired) electrons. The molecule has 1 aromatic heterocycles. The van der Waals surface area contributed by atoms with E-state index >= 15 is 0 Å². The first-order valence-corrected chi connectivity index (χ1v) is 7.56. The molecule has 0 spiro atoms. The highest BCUT2D eigenvalue weighted by Gasteiger charge is 2.03. The number of nitrogens with zero attached hydrogens (tertiary/aromatic N) is 1. The molecule has 3 N–H and O–H groups in total. The van der Waals surface area contributed by atoms with Crippen LogP contribution >= 0.6 is 0 Å². The molecule has 0 aliphatic rings. The molecule has 0 bridgehead atoms. The fourth-order valence-corrected chi connectivity index (χ4v) is 1.97. The van der Waals surface area contributed by atoms with Gasteiger partial charge >= 0.3 is 5.69 Å². The molecule has 0 amide bonds. The van der Waals surface area contributed by atoms with Crippen LogP contribution in [0, 0.1) is 0 Å². The van der Waals surface area contributed by atoms with Gasteiger partial charge in [0.15, 0.2) is 0 Å². The number of hydrogen-bond donors (Lipinski definition) is 3. The Bertz CT molecular complexity index is 955. The number of hydrogen-bond acceptors (Lipinski definition) is 4. The number of aromatic nitrogens is 2. The van der Waals surface area contributed by atoms with Crippen molar-refractivity contribution in [3.8, 4) is 5.88 Å². The van der Waals surface area contributed by atoms with Gasteiger partial charge in [0.25, 0.3) is 5.56 Å². The summed E-state index contributed by atoms with van der Waals surface area (Å²) < 4.78 is 0. The first-order valence-electron chi connectivity index (χ1n) is 7.56. The van der Waals surface area contributed by atoms with Gasteiger partial charge in [-0.2, -0.15) is 0 Å². The molecule has 0 saturated carbocycles. The Balaban J connectivity index is 2.00. The van der Waals surface area contributed by atoms with Gasteiger partial charge in [0.05, 0.1) is 0 Å². The lowest BCUT2D eigenvalue weighted by Gasteiger charge is -2.11. The Kier molecular flexibility index (Phi) is 5.98. The van der Waals surface area contributed by atoms with Crippen molar-refractivity contribution in [2.24, 2.45) is 0 Å². The minimum atomic E-state index is -0.757. The molecule has 0 aliphatic heterocycles. The van der Waals surface area contributed by atoms with Crippen molar-refractivity contribution >= 4 is 17.8 Å². The summed E-state index contributed by atoms with van der Waals surface area (Å²) in [4.78, 5) is 28.6. The minimum Gasteiger partial charge on any atom is -0.494 e. The number of allylic oxidation sites excluding steroid dienone is 4. The smallest absolute Gasteiger partial charge is 0.328 e. The Morgan fingerprint density at radius 1 is 1.04 bits per heavy atom. The molecule has 0 atom stereocenters. The summed E-state index contributed by atoms with van der Waals surface area (Å²) in [6, 6.07) is 8.14. The summed E-state index contributed by atoms with van der Waals surface area (Å²) in [7, 11) is 3.99. The van der Waals surface area contributed by atoms with Crippen LogP contribution in [0.2, 0.25) is 0 Å². The van der Waals surface area contributed by atoms with Crippen LogP contribution in [-0.2, 0) is 0 Å². The third kappa shape index (κ3) is 5.27. The number of aromatic amines is 2. The van der Waals surface area contributed by atoms with Crippen LogP contribution < -0.4 is 16.1 Å². The normalized spacial score (nSPS) is 10.8. The van der Waals surface area contributed by atoms with Crippen molar-refractivity contribution in [1.82, 2.24) is 9.97 Å². The van der Waals surface area contributed by atoms with Gasteiger partial charge in [0, 0.05) is 19.8 Å². The van der Waals surface area contributed by atoms with Crippen molar-refractivity contribution in [2.45, 2.75) is 0 Å². The summed E-state index contributed by atoms with van der Waals surface area (Å²) in [5.74, 6) is -0.486. The summed E-state index contributed by atoms with van der Waals surface area (Å²) in [5.41, 5.74) is 3.48. The van der Waals surface area contributed by atoms with Crippen molar-refractivity contribution in [3.05, 3.63) is 86.3 Å². The van der Waals surface area contributed by atoms with Crippen LogP contribution in [0.15, 0.2) is 63.9 Å². The van der Waals surface area contributed by atoms with Gasteiger partial charge in [-0.3, -0.25) is 14.8 Å². The summed E-state index contributed by atoms with van der Waals surface area (Å²) >= 11 is 0. The Hall–Kier alpha value is -3.50. The van der Waals surface area contributed by atoms with E-state index in [0.717, 1.165) is 11.3 Å². The molecule has 6 heteroatoms. The molecular formula is C19H19N3O3. The number of H-pyrrole nitrogens is 2. The van der Waals surface area contributed by atoms with Gasteiger partial charge in [-0.15, -0.1) is 5.73 Å². The van der Waals surface area contributed by atoms with Crippen LogP contribution in [0.25, 0.3) is 12.2 Å². The van der Waals surface area contributed by atoms with E-state index < -0.39 is 17.1 Å². The van der Waals surface area contributed by atoms with Crippen LogP contribution in [0.5, 0.6) is 5.88 Å². The molecule has 6 nitrogen and oxygen atoms in total. The molecule has 2 rings (SSSR count). The predicted octanol–water partition coefficient (Wildman–Crippen LogP) is 2.27. The molecule has 1 heterocycles. The Morgan fingerprint density at radius 3 is 2.40 bits per heavy atom. The molecule has 25 heavy (non-hydrogen) atoms. The molecule has 0 saturated heterocycles. The Labute approximate surface area is 144 Å². The third-order valence-corrected chi connectivity index (χ3v) is 3.30. The maximum atomic E-state index is 11.5. The lowest BCUT2D eigenvalue weighted by Crippen LogP contribution is -2.23. The highest BCUT2D eigenvalue weighted by molar-refractivity contribution is 5.56. The standard InChI is InChI=1S/C19H19N3O3/c1-22(2)15-12-10-14(11-13-15)8-6-4-3-5-7-9-16-17(23)20-19(25)21-18(16)24/h3-6,8-13H,1-2H3,(H3,20,21,23,24,25)/b4-3+,8-6+. The highest BCUT2D eigenvalue weighted by Crippen LogP contribution is 2.13. The maximum Gasteiger partial charge on any atom is 0.328 e. The van der Waals surface area contributed by atoms with Crippen molar-refractivity contribution in [3.63, 3.8) is 0 Å². The lowest BCUT2D eigenvalue weighted by atomic mass is 10.2. The quantitative estimate of drug-likeness (QED) is 0.577. The predicted molar refractivity (Wildman–Crippen MR) is 101 cm³/mol. The van der Waals surface area contributed by atoms with Gasteiger partial charge in [-0.1, -0.05) is 36.4 Å². The molecule has 2 aromatic rings. The van der Waals surface area contributed by atoms with Gasteiger partial charge in [-0.25, -0.2) is 4.79 Å². The largest absolute Gasteiger partial charge is 0.494 e. The van der Waals surface area contributed by atoms with E-state index in [-0.39, 0.29) is 5.56 Å². The molecule has 128 valence electrons. The van der Waals surface area contributed by atoms with E-state index in [1.54, 1.807) is 12.2 Å². The molecule has 0 unspecified atom stereocenters. The van der Waals surface area contributed by atoms with Crippen LogP contribution in [-0.4, -0.2) is 29.2 Å². The zero-order chi connectivity index (χ0) is 18.2. The van der Waals surface area contributed by atoms with E-state index in [2.05, 4.69) is 10.7 Å². The number of benzene rings is 1. The first kappa shape index (κ1) is 17.8. The SMILES string of the molecule is CN(C)c1ccc(/C=C/C=C/C=C=Cc2c(O)[nH]c(=O)[nH]c2=O)cc1. The van der Waals surface area contributed by atoms with Crippen molar-refractivity contribution in [1.29, 1.82) is 0 Å². The van der Waals surface area contributed by atoms with Gasteiger partial charge in [0.2, 0.25) is 5.88 Å². The zero-order valence-electron chi connectivity index (χ0n) is 14.0. The number of rotatable bonds is 5. The van der Waals surface area contributed by atoms with Crippen molar-refractivity contribution < 1.29 is 5.11 Å². The summed E-state index contributed by atoms with van der Waals surface area (Å²) in [6.45, 7) is 0. The maximum absolute atomic E-state index is 11.5. The lowest BCUT2D eigenvalue weighted by molar-refractivity contribution is 0.447. The van der Waals surface area contributed by atoms with Gasteiger partial charge in [-0.05, 0) is 29.8 Å². The van der Waals surface area contributed by atoms with Crippen molar-refractivity contribution in [2.75, 3.05) is 19.0 Å². The van der Waals surface area contributed by atoms with E-state index in [4.69, 9.17) is 0 Å². The number of nitrogens with one attached hydrogen (secondary N) is 2. The molecule has 0 aliphatic carbocycles. The molecule has 1 aromatic carbocycles. The molecule has 0 fully saturated rings. The van der Waals surface area contributed by atoms with E-state index in [9.17, 15) is 14.7 Å². The second-order valence-corrected chi connectivity index (χ2v) is 5.38. The summed E-state index contributed by atoms with van der Waals surface area (Å²) in [6.07, 6.45) is 10.3. The van der Waals surface area contributed by atoms with Gasteiger partial charge < -0.3 is 10.0 Å². The summed E-state index contributed by atoms with van der Waals surface area (Å²) in [5, 5.41) is 9.50. The van der Waals surface area contributed by atoms with E-state index in [0.29, 0.717) is 0 Å². The van der Waals surface area contributed by atoms with E-state index in [1.165, 1.54) is 6.08 Å². The van der Waals surface area contributed by atoms with Gasteiger partial charge in [0.1, 0.15) is 5.56 Å². The topological polar surface area (TPSA) is 89.2 Å².